The summed E-state index contributed by atoms with van der Waals surface area (Å²) in [6.45, 7) is 2.48. The second-order valence-electron chi connectivity index (χ2n) is 7.57. The Morgan fingerprint density at radius 1 is 1.21 bits per heavy atom. The number of benzene rings is 1. The molecule has 3 heterocycles. The SMILES string of the molecule is CCCCn1c(N)c(N(Cc2ccccc2)C(=O)CSc2ncnc3ccsc23)c(=O)[nH]c1=O. The van der Waals surface area contributed by atoms with Crippen LogP contribution in [-0.4, -0.2) is 31.2 Å². The Balaban J connectivity index is 1.70. The number of fused-ring (bicyclic) bond motifs is 1. The van der Waals surface area contributed by atoms with E-state index in [0.29, 0.717) is 18.0 Å². The van der Waals surface area contributed by atoms with E-state index in [9.17, 15) is 14.4 Å². The summed E-state index contributed by atoms with van der Waals surface area (Å²) in [7, 11) is 0. The summed E-state index contributed by atoms with van der Waals surface area (Å²) in [6, 6.07) is 11.2. The van der Waals surface area contributed by atoms with Crippen molar-refractivity contribution in [3.63, 3.8) is 0 Å². The molecule has 3 N–H and O–H groups in total. The fourth-order valence-electron chi connectivity index (χ4n) is 3.51. The van der Waals surface area contributed by atoms with Gasteiger partial charge < -0.3 is 5.73 Å². The fourth-order valence-corrected chi connectivity index (χ4v) is 5.33. The number of aromatic nitrogens is 4. The standard InChI is InChI=1S/C23H24N6O3S2/c1-2-3-10-28-20(24)18(21(31)27-23(28)32)29(12-15-7-5-4-6-8-15)17(30)13-34-22-19-16(9-11-33-19)25-14-26-22/h4-9,11,14H,2-3,10,12-13,24H2,1H3,(H,27,31,32). The average molecular weight is 497 g/mol. The van der Waals surface area contributed by atoms with Crippen LogP contribution in [0, 0.1) is 0 Å². The monoisotopic (exact) mass is 496 g/mol. The van der Waals surface area contributed by atoms with E-state index < -0.39 is 11.2 Å². The van der Waals surface area contributed by atoms with Gasteiger partial charge in [0.15, 0.2) is 5.69 Å². The van der Waals surface area contributed by atoms with Crippen LogP contribution in [-0.2, 0) is 17.9 Å². The van der Waals surface area contributed by atoms with Crippen molar-refractivity contribution in [3.8, 4) is 0 Å². The Morgan fingerprint density at radius 3 is 2.76 bits per heavy atom. The molecule has 1 amide bonds. The van der Waals surface area contributed by atoms with Crippen molar-refractivity contribution in [1.82, 2.24) is 19.5 Å². The molecule has 9 nitrogen and oxygen atoms in total. The first-order valence-electron chi connectivity index (χ1n) is 10.8. The largest absolute Gasteiger partial charge is 0.383 e. The molecular weight excluding hydrogens is 472 g/mol. The van der Waals surface area contributed by atoms with E-state index in [2.05, 4.69) is 15.0 Å². The van der Waals surface area contributed by atoms with Crippen molar-refractivity contribution in [2.45, 2.75) is 37.9 Å². The molecule has 0 fully saturated rings. The maximum atomic E-state index is 13.5. The summed E-state index contributed by atoms with van der Waals surface area (Å²) in [6.07, 6.45) is 3.03. The van der Waals surface area contributed by atoms with Gasteiger partial charge in [-0.05, 0) is 23.4 Å². The van der Waals surface area contributed by atoms with Crippen LogP contribution in [0.5, 0.6) is 0 Å². The molecule has 0 saturated heterocycles. The lowest BCUT2D eigenvalue weighted by Gasteiger charge is -2.24. The van der Waals surface area contributed by atoms with Crippen molar-refractivity contribution in [2.24, 2.45) is 0 Å². The molecule has 176 valence electrons. The zero-order valence-electron chi connectivity index (χ0n) is 18.6. The second-order valence-corrected chi connectivity index (χ2v) is 9.45. The number of carbonyl (C=O) groups excluding carboxylic acids is 1. The molecule has 4 aromatic rings. The van der Waals surface area contributed by atoms with Crippen LogP contribution in [0.4, 0.5) is 11.5 Å². The number of amides is 1. The maximum absolute atomic E-state index is 13.5. The van der Waals surface area contributed by atoms with E-state index in [0.717, 1.165) is 22.2 Å². The Hall–Kier alpha value is -3.44. The molecule has 34 heavy (non-hydrogen) atoms. The second kappa shape index (κ2) is 10.7. The van der Waals surface area contributed by atoms with E-state index in [1.165, 1.54) is 38.9 Å². The molecule has 0 aliphatic rings. The van der Waals surface area contributed by atoms with Crippen LogP contribution >= 0.6 is 23.1 Å². The smallest absolute Gasteiger partial charge is 0.330 e. The van der Waals surface area contributed by atoms with E-state index >= 15 is 0 Å². The number of hydrogen-bond donors (Lipinski definition) is 2. The van der Waals surface area contributed by atoms with Crippen LogP contribution in [0.15, 0.2) is 62.7 Å². The highest BCUT2D eigenvalue weighted by molar-refractivity contribution is 8.00. The number of nitrogens with zero attached hydrogens (tertiary/aromatic N) is 4. The summed E-state index contributed by atoms with van der Waals surface area (Å²) in [5, 5.41) is 2.62. The summed E-state index contributed by atoms with van der Waals surface area (Å²) in [4.78, 5) is 51.0. The molecule has 4 rings (SSSR count). The number of thioether (sulfide) groups is 1. The van der Waals surface area contributed by atoms with Crippen molar-refractivity contribution in [2.75, 3.05) is 16.4 Å². The van der Waals surface area contributed by atoms with Crippen molar-refractivity contribution in [1.29, 1.82) is 0 Å². The van der Waals surface area contributed by atoms with Crippen molar-refractivity contribution < 1.29 is 4.79 Å². The highest BCUT2D eigenvalue weighted by atomic mass is 32.2. The molecule has 1 aromatic carbocycles. The van der Waals surface area contributed by atoms with Crippen LogP contribution in [0.1, 0.15) is 25.3 Å². The summed E-state index contributed by atoms with van der Waals surface area (Å²) < 4.78 is 2.22. The number of anilines is 2. The molecule has 0 unspecified atom stereocenters. The predicted molar refractivity (Wildman–Crippen MR) is 136 cm³/mol. The van der Waals surface area contributed by atoms with Crippen molar-refractivity contribution >= 4 is 50.7 Å². The molecule has 0 radical (unpaired) electrons. The topological polar surface area (TPSA) is 127 Å². The lowest BCUT2D eigenvalue weighted by Crippen LogP contribution is -2.41. The minimum absolute atomic E-state index is 0.0147. The normalized spacial score (nSPS) is 11.1. The van der Waals surface area contributed by atoms with E-state index in [-0.39, 0.29) is 29.7 Å². The van der Waals surface area contributed by atoms with Gasteiger partial charge in [0.05, 0.1) is 22.5 Å². The van der Waals surface area contributed by atoms with E-state index in [4.69, 9.17) is 5.73 Å². The third kappa shape index (κ3) is 5.05. The molecule has 11 heteroatoms. The lowest BCUT2D eigenvalue weighted by molar-refractivity contribution is -0.116. The quantitative estimate of drug-likeness (QED) is 0.269. The van der Waals surface area contributed by atoms with Crippen LogP contribution in [0.3, 0.4) is 0 Å². The number of carbonyl (C=O) groups is 1. The summed E-state index contributed by atoms with van der Waals surface area (Å²) in [5.41, 5.74) is 6.67. The third-order valence-electron chi connectivity index (χ3n) is 5.25. The number of aromatic amines is 1. The number of rotatable bonds is 9. The Bertz CT molecular complexity index is 1410. The minimum atomic E-state index is -0.688. The number of nitrogen functional groups attached to an aromatic ring is 1. The minimum Gasteiger partial charge on any atom is -0.383 e. The van der Waals surface area contributed by atoms with Gasteiger partial charge in [0.2, 0.25) is 5.91 Å². The van der Waals surface area contributed by atoms with Gasteiger partial charge in [-0.15, -0.1) is 11.3 Å². The van der Waals surface area contributed by atoms with Gasteiger partial charge in [0.25, 0.3) is 5.56 Å². The van der Waals surface area contributed by atoms with Gasteiger partial charge in [0, 0.05) is 6.54 Å². The zero-order valence-corrected chi connectivity index (χ0v) is 20.2. The number of unbranched alkanes of at least 4 members (excludes halogenated alkanes) is 1. The summed E-state index contributed by atoms with van der Waals surface area (Å²) in [5.74, 6) is -0.307. The molecule has 0 saturated carbocycles. The van der Waals surface area contributed by atoms with Crippen molar-refractivity contribution in [3.05, 3.63) is 74.5 Å². The van der Waals surface area contributed by atoms with Crippen LogP contribution in [0.2, 0.25) is 0 Å². The van der Waals surface area contributed by atoms with Gasteiger partial charge >= 0.3 is 5.69 Å². The number of H-pyrrole nitrogens is 1. The third-order valence-corrected chi connectivity index (χ3v) is 7.26. The Labute approximate surface area is 203 Å². The van der Waals surface area contributed by atoms with Gasteiger partial charge in [-0.3, -0.25) is 24.0 Å². The van der Waals surface area contributed by atoms with Gasteiger partial charge in [-0.1, -0.05) is 55.4 Å². The predicted octanol–water partition coefficient (Wildman–Crippen LogP) is 3.25. The average Bonchev–Trinajstić information content (AvgIpc) is 3.32. The number of thiophene rings is 1. The lowest BCUT2D eigenvalue weighted by atomic mass is 10.2. The molecule has 0 bridgehead atoms. The maximum Gasteiger partial charge on any atom is 0.330 e. The molecule has 0 aliphatic carbocycles. The highest BCUT2D eigenvalue weighted by Crippen LogP contribution is 2.29. The molecule has 0 aliphatic heterocycles. The van der Waals surface area contributed by atoms with Crippen LogP contribution in [0.25, 0.3) is 10.2 Å². The number of nitrogens with one attached hydrogen (secondary N) is 1. The summed E-state index contributed by atoms with van der Waals surface area (Å²) >= 11 is 2.78. The van der Waals surface area contributed by atoms with E-state index in [1.807, 2.05) is 48.7 Å². The molecule has 0 spiro atoms. The first kappa shape index (κ1) is 23.7. The number of nitrogens with two attached hydrogens (primary N) is 1. The van der Waals surface area contributed by atoms with Crippen LogP contribution < -0.4 is 21.9 Å². The number of hydrogen-bond acceptors (Lipinski definition) is 8. The van der Waals surface area contributed by atoms with Gasteiger partial charge in [-0.2, -0.15) is 0 Å². The van der Waals surface area contributed by atoms with Gasteiger partial charge in [0.1, 0.15) is 17.2 Å². The highest BCUT2D eigenvalue weighted by Gasteiger charge is 2.25. The molecular formula is C23H24N6O3S2. The van der Waals surface area contributed by atoms with Gasteiger partial charge in [-0.25, -0.2) is 14.8 Å². The molecule has 3 aromatic heterocycles. The first-order chi connectivity index (χ1) is 16.5. The zero-order chi connectivity index (χ0) is 24.1. The first-order valence-corrected chi connectivity index (χ1v) is 12.6. The molecule has 0 atom stereocenters. The van der Waals surface area contributed by atoms with E-state index in [1.54, 1.807) is 0 Å². The Morgan fingerprint density at radius 2 is 2.00 bits per heavy atom. The Kier molecular flexibility index (Phi) is 7.43. The fraction of sp³-hybridized carbons (Fsp3) is 0.261.